The number of rotatable bonds is 4. The Hall–Kier alpha value is -4.07. The third kappa shape index (κ3) is 3.23. The van der Waals surface area contributed by atoms with E-state index in [0.717, 1.165) is 5.52 Å². The van der Waals surface area contributed by atoms with E-state index in [-0.39, 0.29) is 11.3 Å². The maximum atomic E-state index is 12.6. The first-order valence-electron chi connectivity index (χ1n) is 8.08. The number of para-hydroxylation sites is 1. The predicted octanol–water partition coefficient (Wildman–Crippen LogP) is 3.79. The quantitative estimate of drug-likeness (QED) is 0.425. The number of imidazole rings is 1. The fraction of sp³-hybridized carbons (Fsp3) is 0. The summed E-state index contributed by atoms with van der Waals surface area (Å²) >= 11 is 0. The van der Waals surface area contributed by atoms with Gasteiger partial charge in [-0.1, -0.05) is 18.2 Å². The first-order chi connectivity index (χ1) is 13.1. The number of hydrogen-bond acceptors (Lipinski definition) is 5. The zero-order valence-corrected chi connectivity index (χ0v) is 13.9. The minimum Gasteiger partial charge on any atom is -0.337 e. The summed E-state index contributed by atoms with van der Waals surface area (Å²) in [5.74, 6) is 0.124. The third-order valence-corrected chi connectivity index (χ3v) is 4.01. The van der Waals surface area contributed by atoms with Gasteiger partial charge in [-0.15, -0.1) is 0 Å². The van der Waals surface area contributed by atoms with Crippen LogP contribution >= 0.6 is 0 Å². The molecule has 0 radical (unpaired) electrons. The molecule has 2 aromatic heterocycles. The molecule has 0 fully saturated rings. The molecule has 0 spiro atoms. The Balaban J connectivity index is 1.68. The minimum atomic E-state index is -0.536. The number of fused-ring (bicyclic) bond motifs is 1. The number of carbonyl (C=O) groups is 1. The molecule has 0 saturated heterocycles. The molecule has 2 heterocycles. The van der Waals surface area contributed by atoms with Gasteiger partial charge in [0.2, 0.25) is 0 Å². The molecule has 8 heteroatoms. The van der Waals surface area contributed by atoms with Crippen LogP contribution in [0.2, 0.25) is 0 Å². The molecule has 2 N–H and O–H groups in total. The zero-order valence-electron chi connectivity index (χ0n) is 13.9. The second-order valence-corrected chi connectivity index (χ2v) is 5.77. The molecule has 4 rings (SSSR count). The predicted molar refractivity (Wildman–Crippen MR) is 100 cm³/mol. The molecule has 1 amide bonds. The third-order valence-electron chi connectivity index (χ3n) is 4.01. The van der Waals surface area contributed by atoms with E-state index in [2.05, 4.69) is 20.3 Å². The monoisotopic (exact) mass is 359 g/mol. The van der Waals surface area contributed by atoms with Gasteiger partial charge in [0.25, 0.3) is 11.6 Å². The van der Waals surface area contributed by atoms with Crippen molar-refractivity contribution in [1.29, 1.82) is 0 Å². The number of aromatic amines is 1. The summed E-state index contributed by atoms with van der Waals surface area (Å²) in [6.07, 6.45) is 1.66. The summed E-state index contributed by atoms with van der Waals surface area (Å²) in [5.41, 5.74) is 2.64. The lowest BCUT2D eigenvalue weighted by atomic mass is 10.1. The lowest BCUT2D eigenvalue weighted by molar-refractivity contribution is -0.384. The highest BCUT2D eigenvalue weighted by molar-refractivity contribution is 6.06. The molecule has 27 heavy (non-hydrogen) atoms. The van der Waals surface area contributed by atoms with Crippen molar-refractivity contribution in [2.45, 2.75) is 0 Å². The van der Waals surface area contributed by atoms with Crippen LogP contribution in [0.25, 0.3) is 22.6 Å². The lowest BCUT2D eigenvalue weighted by Crippen LogP contribution is -2.13. The second kappa shape index (κ2) is 6.68. The van der Waals surface area contributed by atoms with Crippen LogP contribution in [0.3, 0.4) is 0 Å². The average molecular weight is 359 g/mol. The maximum Gasteiger partial charge on any atom is 0.270 e. The van der Waals surface area contributed by atoms with E-state index in [1.54, 1.807) is 24.4 Å². The highest BCUT2D eigenvalue weighted by Gasteiger charge is 2.15. The number of hydrogen-bond donors (Lipinski definition) is 2. The van der Waals surface area contributed by atoms with Gasteiger partial charge in [-0.25, -0.2) is 9.97 Å². The summed E-state index contributed by atoms with van der Waals surface area (Å²) in [4.78, 5) is 34.8. The smallest absolute Gasteiger partial charge is 0.270 e. The molecule has 4 aromatic rings. The van der Waals surface area contributed by atoms with E-state index in [9.17, 15) is 14.9 Å². The number of nitrogens with one attached hydrogen (secondary N) is 2. The normalized spacial score (nSPS) is 10.7. The summed E-state index contributed by atoms with van der Waals surface area (Å²) < 4.78 is 0. The van der Waals surface area contributed by atoms with E-state index >= 15 is 0 Å². The number of nitrogens with zero attached hydrogens (tertiary/aromatic N) is 3. The van der Waals surface area contributed by atoms with Gasteiger partial charge in [-0.05, 0) is 30.3 Å². The maximum absolute atomic E-state index is 12.6. The molecule has 2 aromatic carbocycles. The first-order valence-corrected chi connectivity index (χ1v) is 8.08. The van der Waals surface area contributed by atoms with E-state index in [1.807, 2.05) is 18.2 Å². The summed E-state index contributed by atoms with van der Waals surface area (Å²) in [7, 11) is 0. The molecule has 0 unspecified atom stereocenters. The molecule has 132 valence electrons. The van der Waals surface area contributed by atoms with Crippen molar-refractivity contribution in [1.82, 2.24) is 15.0 Å². The van der Waals surface area contributed by atoms with Crippen LogP contribution in [0.5, 0.6) is 0 Å². The summed E-state index contributed by atoms with van der Waals surface area (Å²) in [6, 6.07) is 16.4. The molecule has 0 aliphatic rings. The number of aromatic nitrogens is 3. The lowest BCUT2D eigenvalue weighted by Gasteiger charge is -2.09. The molecule has 0 atom stereocenters. The SMILES string of the molecule is O=C(Nc1ccccc1-c1nc2ncccc2[nH]1)c1cccc([N+](=O)[O-])c1. The first kappa shape index (κ1) is 16.4. The zero-order chi connectivity index (χ0) is 18.8. The van der Waals surface area contributed by atoms with E-state index in [4.69, 9.17) is 0 Å². The van der Waals surface area contributed by atoms with Crippen LogP contribution < -0.4 is 5.32 Å². The molecule has 0 bridgehead atoms. The van der Waals surface area contributed by atoms with Crippen LogP contribution in [-0.2, 0) is 0 Å². The number of non-ortho nitro benzene ring substituents is 1. The Morgan fingerprint density at radius 2 is 1.93 bits per heavy atom. The Kier molecular flexibility index (Phi) is 4.06. The van der Waals surface area contributed by atoms with Gasteiger partial charge < -0.3 is 10.3 Å². The van der Waals surface area contributed by atoms with Gasteiger partial charge in [0.05, 0.1) is 16.1 Å². The van der Waals surface area contributed by atoms with Crippen LogP contribution in [0.4, 0.5) is 11.4 Å². The van der Waals surface area contributed by atoms with Crippen LogP contribution in [0.1, 0.15) is 10.4 Å². The van der Waals surface area contributed by atoms with Crippen molar-refractivity contribution in [3.8, 4) is 11.4 Å². The molecule has 8 nitrogen and oxygen atoms in total. The van der Waals surface area contributed by atoms with Crippen LogP contribution in [-0.4, -0.2) is 25.8 Å². The number of carbonyl (C=O) groups excluding carboxylic acids is 1. The largest absolute Gasteiger partial charge is 0.337 e. The molecule has 0 aliphatic heterocycles. The van der Waals surface area contributed by atoms with Gasteiger partial charge in [0.15, 0.2) is 5.65 Å². The van der Waals surface area contributed by atoms with Crippen molar-refractivity contribution in [2.75, 3.05) is 5.32 Å². The molecule has 0 saturated carbocycles. The topological polar surface area (TPSA) is 114 Å². The number of anilines is 1. The van der Waals surface area contributed by atoms with Gasteiger partial charge in [0.1, 0.15) is 5.82 Å². The van der Waals surface area contributed by atoms with E-state index < -0.39 is 10.8 Å². The van der Waals surface area contributed by atoms with Gasteiger partial charge in [-0.2, -0.15) is 0 Å². The minimum absolute atomic E-state index is 0.140. The van der Waals surface area contributed by atoms with Crippen molar-refractivity contribution in [3.05, 3.63) is 82.5 Å². The fourth-order valence-electron chi connectivity index (χ4n) is 2.73. The number of amides is 1. The van der Waals surface area contributed by atoms with Crippen molar-refractivity contribution >= 4 is 28.4 Å². The standard InChI is InChI=1S/C19H13N5O3/c25-19(12-5-3-6-13(11-12)24(26)27)22-15-8-2-1-7-14(15)17-21-16-9-4-10-20-18(16)23-17/h1-11H,(H,22,25)(H,20,21,23). The second-order valence-electron chi connectivity index (χ2n) is 5.77. The highest BCUT2D eigenvalue weighted by atomic mass is 16.6. The van der Waals surface area contributed by atoms with Crippen molar-refractivity contribution in [2.24, 2.45) is 0 Å². The highest BCUT2D eigenvalue weighted by Crippen LogP contribution is 2.27. The van der Waals surface area contributed by atoms with Crippen molar-refractivity contribution in [3.63, 3.8) is 0 Å². The molecular formula is C19H13N5O3. The van der Waals surface area contributed by atoms with E-state index in [0.29, 0.717) is 22.7 Å². The Morgan fingerprint density at radius 1 is 1.07 bits per heavy atom. The molecule has 0 aliphatic carbocycles. The molecular weight excluding hydrogens is 346 g/mol. The summed E-state index contributed by atoms with van der Waals surface area (Å²) in [6.45, 7) is 0. The Labute approximate surface area is 153 Å². The fourth-order valence-corrected chi connectivity index (χ4v) is 2.73. The van der Waals surface area contributed by atoms with Crippen LogP contribution in [0.15, 0.2) is 66.9 Å². The summed E-state index contributed by atoms with van der Waals surface area (Å²) in [5, 5.41) is 13.7. The van der Waals surface area contributed by atoms with Crippen LogP contribution in [0, 0.1) is 10.1 Å². The Bertz CT molecular complexity index is 1140. The van der Waals surface area contributed by atoms with Gasteiger partial charge in [-0.3, -0.25) is 14.9 Å². The number of H-pyrrole nitrogens is 1. The number of nitro benzene ring substituents is 1. The Morgan fingerprint density at radius 3 is 2.74 bits per heavy atom. The number of nitro groups is 1. The number of pyridine rings is 1. The van der Waals surface area contributed by atoms with E-state index in [1.165, 1.54) is 24.3 Å². The van der Waals surface area contributed by atoms with Crippen molar-refractivity contribution < 1.29 is 9.72 Å². The van der Waals surface area contributed by atoms with Gasteiger partial charge in [0, 0.05) is 29.5 Å². The number of benzene rings is 2. The average Bonchev–Trinajstić information content (AvgIpc) is 3.12. The van der Waals surface area contributed by atoms with Gasteiger partial charge >= 0.3 is 0 Å².